The Morgan fingerprint density at radius 3 is 2.24 bits per heavy atom. The van der Waals surface area contributed by atoms with Gasteiger partial charge in [0, 0.05) is 23.6 Å². The third-order valence-corrected chi connectivity index (χ3v) is 5.81. The molecule has 180 valence electrons. The van der Waals surface area contributed by atoms with Crippen molar-refractivity contribution in [3.05, 3.63) is 70.4 Å². The second-order valence-corrected chi connectivity index (χ2v) is 8.25. The molecule has 0 aliphatic carbocycles. The minimum absolute atomic E-state index is 0.239. The molecule has 3 N–H and O–H groups in total. The average molecular weight is 465 g/mol. The summed E-state index contributed by atoms with van der Waals surface area (Å²) in [6.45, 7) is 10.2. The number of hydrogen-bond acceptors (Lipinski definition) is 4. The van der Waals surface area contributed by atoms with E-state index in [1.807, 2.05) is 39.0 Å². The van der Waals surface area contributed by atoms with Crippen LogP contribution in [0.15, 0.2) is 53.7 Å². The quantitative estimate of drug-likeness (QED) is 0.487. The van der Waals surface area contributed by atoms with Crippen molar-refractivity contribution in [1.82, 2.24) is 10.2 Å². The molecule has 1 atom stereocenters. The van der Waals surface area contributed by atoms with Gasteiger partial charge in [0.05, 0.1) is 18.2 Å². The first-order valence-corrected chi connectivity index (χ1v) is 11.5. The number of ether oxygens (including phenoxy) is 1. The molecule has 1 unspecified atom stereocenters. The Balaban J connectivity index is 1.78. The number of nitrogens with one attached hydrogen (secondary N) is 3. The van der Waals surface area contributed by atoms with E-state index in [0.29, 0.717) is 34.8 Å². The monoisotopic (exact) mass is 464 g/mol. The van der Waals surface area contributed by atoms with Crippen molar-refractivity contribution >= 4 is 29.4 Å². The summed E-state index contributed by atoms with van der Waals surface area (Å²) in [6.07, 6.45) is 0.760. The van der Waals surface area contributed by atoms with Gasteiger partial charge in [-0.05, 0) is 75.1 Å². The average Bonchev–Trinajstić information content (AvgIpc) is 2.79. The molecule has 1 heterocycles. The fourth-order valence-electron chi connectivity index (χ4n) is 3.87. The predicted molar refractivity (Wildman–Crippen MR) is 133 cm³/mol. The summed E-state index contributed by atoms with van der Waals surface area (Å²) in [5, 5.41) is 8.54. The van der Waals surface area contributed by atoms with Crippen LogP contribution in [0.25, 0.3) is 0 Å². The van der Waals surface area contributed by atoms with Gasteiger partial charge in [-0.2, -0.15) is 0 Å². The van der Waals surface area contributed by atoms with E-state index in [2.05, 4.69) is 16.0 Å². The van der Waals surface area contributed by atoms with Crippen molar-refractivity contribution < 1.29 is 19.1 Å². The Morgan fingerprint density at radius 2 is 1.62 bits per heavy atom. The van der Waals surface area contributed by atoms with Crippen LogP contribution in [0.1, 0.15) is 49.9 Å². The number of aryl methyl sites for hydroxylation is 2. The molecule has 4 amide bonds. The van der Waals surface area contributed by atoms with Gasteiger partial charge in [-0.1, -0.05) is 25.1 Å². The van der Waals surface area contributed by atoms with E-state index in [9.17, 15) is 14.4 Å². The number of benzene rings is 2. The number of esters is 1. The van der Waals surface area contributed by atoms with Crippen molar-refractivity contribution in [1.29, 1.82) is 0 Å². The number of nitrogens with zero attached hydrogens (tertiary/aromatic N) is 1. The number of carbonyl (C=O) groups excluding carboxylic acids is 3. The van der Waals surface area contributed by atoms with E-state index in [0.717, 1.165) is 17.5 Å². The molecule has 0 radical (unpaired) electrons. The highest BCUT2D eigenvalue weighted by Gasteiger charge is 2.36. The van der Waals surface area contributed by atoms with Gasteiger partial charge >= 0.3 is 18.0 Å². The molecule has 1 aliphatic heterocycles. The molecule has 0 spiro atoms. The molecule has 2 aromatic rings. The summed E-state index contributed by atoms with van der Waals surface area (Å²) in [5.41, 5.74) is 5.24. The highest BCUT2D eigenvalue weighted by atomic mass is 16.5. The Hall–Kier alpha value is -3.81. The fourth-order valence-corrected chi connectivity index (χ4v) is 3.87. The SMILES string of the molecule is CCCN1C(=O)NC(c2ccc(NC(=O)Nc3ccc(C)c(C)c3)cc2)C(C(=O)OCC)=C1C. The lowest BCUT2D eigenvalue weighted by atomic mass is 9.94. The summed E-state index contributed by atoms with van der Waals surface area (Å²) in [5.74, 6) is -0.457. The molecular formula is C26H32N4O4. The normalized spacial score (nSPS) is 15.6. The van der Waals surface area contributed by atoms with Gasteiger partial charge in [0.1, 0.15) is 0 Å². The maximum Gasteiger partial charge on any atom is 0.338 e. The second-order valence-electron chi connectivity index (χ2n) is 8.25. The van der Waals surface area contributed by atoms with Gasteiger partial charge < -0.3 is 20.7 Å². The van der Waals surface area contributed by atoms with Crippen molar-refractivity contribution in [2.45, 2.75) is 47.1 Å². The third kappa shape index (κ3) is 5.57. The summed E-state index contributed by atoms with van der Waals surface area (Å²) >= 11 is 0. The summed E-state index contributed by atoms with van der Waals surface area (Å²) in [6, 6.07) is 11.5. The molecule has 1 aliphatic rings. The van der Waals surface area contributed by atoms with Crippen LogP contribution in [0.3, 0.4) is 0 Å². The zero-order chi connectivity index (χ0) is 24.8. The van der Waals surface area contributed by atoms with Crippen LogP contribution in [0.4, 0.5) is 21.0 Å². The topological polar surface area (TPSA) is 99.8 Å². The number of carbonyl (C=O) groups is 3. The van der Waals surface area contributed by atoms with Gasteiger partial charge in [-0.15, -0.1) is 0 Å². The van der Waals surface area contributed by atoms with Crippen LogP contribution in [0.2, 0.25) is 0 Å². The van der Waals surface area contributed by atoms with Gasteiger partial charge in [-0.3, -0.25) is 4.90 Å². The maximum atomic E-state index is 12.8. The van der Waals surface area contributed by atoms with Gasteiger partial charge in [0.25, 0.3) is 0 Å². The largest absolute Gasteiger partial charge is 0.463 e. The first kappa shape index (κ1) is 24.8. The molecule has 0 fully saturated rings. The number of rotatable bonds is 7. The molecular weight excluding hydrogens is 432 g/mol. The third-order valence-electron chi connectivity index (χ3n) is 5.81. The number of hydrogen-bond donors (Lipinski definition) is 3. The van der Waals surface area contributed by atoms with Crippen LogP contribution >= 0.6 is 0 Å². The highest BCUT2D eigenvalue weighted by molar-refractivity contribution is 6.00. The molecule has 0 bridgehead atoms. The number of amides is 4. The van der Waals surface area contributed by atoms with Crippen LogP contribution < -0.4 is 16.0 Å². The number of allylic oxidation sites excluding steroid dienone is 1. The first-order valence-electron chi connectivity index (χ1n) is 11.5. The Bertz CT molecular complexity index is 1110. The van der Waals surface area contributed by atoms with E-state index in [1.165, 1.54) is 0 Å². The summed E-state index contributed by atoms with van der Waals surface area (Å²) in [7, 11) is 0. The van der Waals surface area contributed by atoms with Gasteiger partial charge in [0.15, 0.2) is 0 Å². The van der Waals surface area contributed by atoms with Crippen molar-refractivity contribution in [3.8, 4) is 0 Å². The van der Waals surface area contributed by atoms with E-state index >= 15 is 0 Å². The lowest BCUT2D eigenvalue weighted by molar-refractivity contribution is -0.139. The van der Waals surface area contributed by atoms with Crippen LogP contribution in [0, 0.1) is 13.8 Å². The molecule has 3 rings (SSSR count). The standard InChI is InChI=1S/C26H32N4O4/c1-6-14-30-18(5)22(24(31)34-7-2)23(29-26(30)33)19-9-12-20(13-10-19)27-25(32)28-21-11-8-16(3)17(4)15-21/h8-13,15,23H,6-7,14H2,1-5H3,(H,29,33)(H2,27,28,32). The van der Waals surface area contributed by atoms with Crippen molar-refractivity contribution in [2.75, 3.05) is 23.8 Å². The summed E-state index contributed by atoms with van der Waals surface area (Å²) < 4.78 is 5.27. The van der Waals surface area contributed by atoms with Crippen LogP contribution in [-0.2, 0) is 9.53 Å². The number of anilines is 2. The van der Waals surface area contributed by atoms with Gasteiger partial charge in [0.2, 0.25) is 0 Å². The lowest BCUT2D eigenvalue weighted by Gasteiger charge is -2.35. The zero-order valence-corrected chi connectivity index (χ0v) is 20.3. The molecule has 0 saturated carbocycles. The second kappa shape index (κ2) is 10.9. The van der Waals surface area contributed by atoms with E-state index < -0.39 is 12.0 Å². The van der Waals surface area contributed by atoms with E-state index in [-0.39, 0.29) is 18.7 Å². The maximum absolute atomic E-state index is 12.8. The van der Waals surface area contributed by atoms with Gasteiger partial charge in [-0.25, -0.2) is 14.4 Å². The predicted octanol–water partition coefficient (Wildman–Crippen LogP) is 5.26. The molecule has 8 nitrogen and oxygen atoms in total. The van der Waals surface area contributed by atoms with E-state index in [1.54, 1.807) is 43.0 Å². The highest BCUT2D eigenvalue weighted by Crippen LogP contribution is 2.32. The molecule has 34 heavy (non-hydrogen) atoms. The molecule has 0 aromatic heterocycles. The molecule has 0 saturated heterocycles. The number of urea groups is 2. The van der Waals surface area contributed by atoms with Crippen LogP contribution in [0.5, 0.6) is 0 Å². The van der Waals surface area contributed by atoms with E-state index in [4.69, 9.17) is 4.74 Å². The zero-order valence-electron chi connectivity index (χ0n) is 20.3. The minimum atomic E-state index is -0.641. The molecule has 8 heteroatoms. The summed E-state index contributed by atoms with van der Waals surface area (Å²) in [4.78, 5) is 39.4. The van der Waals surface area contributed by atoms with Crippen LogP contribution in [-0.4, -0.2) is 36.1 Å². The van der Waals surface area contributed by atoms with Crippen molar-refractivity contribution in [2.24, 2.45) is 0 Å². The Labute approximate surface area is 200 Å². The minimum Gasteiger partial charge on any atom is -0.463 e. The Morgan fingerprint density at radius 1 is 0.971 bits per heavy atom. The molecule has 2 aromatic carbocycles. The fraction of sp³-hybridized carbons (Fsp3) is 0.346. The Kier molecular flexibility index (Phi) is 7.94. The smallest absolute Gasteiger partial charge is 0.338 e. The lowest BCUT2D eigenvalue weighted by Crippen LogP contribution is -2.48. The first-order chi connectivity index (χ1) is 16.2. The van der Waals surface area contributed by atoms with Crippen molar-refractivity contribution in [3.63, 3.8) is 0 Å².